The number of furan rings is 1. The summed E-state index contributed by atoms with van der Waals surface area (Å²) >= 11 is 3.32. The standard InChI is InChI=1S/C20H26N6O2S2/c1-15-12-16(2)22-19(21-15)30-14-18-23-24-20(26(18)13-17-4-3-8-28-17)29-11-7-25-5-9-27-10-6-25/h3-4,8,12H,5-7,9-11,13-14H2,1-2H3. The van der Waals surface area contributed by atoms with Crippen LogP contribution in [0.15, 0.2) is 39.2 Å². The summed E-state index contributed by atoms with van der Waals surface area (Å²) in [5, 5.41) is 10.6. The number of morpholine rings is 1. The highest BCUT2D eigenvalue weighted by Gasteiger charge is 2.16. The number of aromatic nitrogens is 5. The van der Waals surface area contributed by atoms with E-state index in [2.05, 4.69) is 29.6 Å². The first-order valence-electron chi connectivity index (χ1n) is 10.00. The third-order valence-corrected chi connectivity index (χ3v) is 6.51. The van der Waals surface area contributed by atoms with Crippen molar-refractivity contribution in [3.05, 3.63) is 47.4 Å². The fourth-order valence-corrected chi connectivity index (χ4v) is 5.07. The highest BCUT2D eigenvalue weighted by Crippen LogP contribution is 2.24. The van der Waals surface area contributed by atoms with Crippen molar-refractivity contribution in [2.24, 2.45) is 0 Å². The van der Waals surface area contributed by atoms with Crippen LogP contribution in [0.5, 0.6) is 0 Å². The molecule has 3 aromatic heterocycles. The fourth-order valence-electron chi connectivity index (χ4n) is 3.23. The van der Waals surface area contributed by atoms with Crippen molar-refractivity contribution < 1.29 is 9.15 Å². The van der Waals surface area contributed by atoms with Gasteiger partial charge >= 0.3 is 0 Å². The average Bonchev–Trinajstić information content (AvgIpc) is 3.38. The molecule has 0 amide bonds. The number of hydrogen-bond acceptors (Lipinski definition) is 9. The Kier molecular flexibility index (Phi) is 7.42. The molecule has 0 radical (unpaired) electrons. The number of thioether (sulfide) groups is 2. The van der Waals surface area contributed by atoms with Crippen LogP contribution in [0.4, 0.5) is 0 Å². The smallest absolute Gasteiger partial charge is 0.191 e. The molecule has 10 heteroatoms. The van der Waals surface area contributed by atoms with Gasteiger partial charge in [0.1, 0.15) is 11.6 Å². The Labute approximate surface area is 184 Å². The lowest BCUT2D eigenvalue weighted by molar-refractivity contribution is 0.0410. The average molecular weight is 447 g/mol. The number of nitrogens with zero attached hydrogens (tertiary/aromatic N) is 6. The molecule has 0 unspecified atom stereocenters. The number of aryl methyl sites for hydroxylation is 2. The van der Waals surface area contributed by atoms with Crippen LogP contribution in [0.25, 0.3) is 0 Å². The molecular weight excluding hydrogens is 420 g/mol. The Balaban J connectivity index is 1.43. The maximum absolute atomic E-state index is 5.57. The van der Waals surface area contributed by atoms with E-state index in [4.69, 9.17) is 9.15 Å². The Hall–Kier alpha value is -1.88. The van der Waals surface area contributed by atoms with Crippen LogP contribution in [0.2, 0.25) is 0 Å². The second kappa shape index (κ2) is 10.4. The molecule has 1 aliphatic rings. The zero-order valence-corrected chi connectivity index (χ0v) is 18.9. The predicted octanol–water partition coefficient (Wildman–Crippen LogP) is 3.04. The molecule has 0 saturated carbocycles. The summed E-state index contributed by atoms with van der Waals surface area (Å²) in [5.41, 5.74) is 1.95. The predicted molar refractivity (Wildman–Crippen MR) is 117 cm³/mol. The minimum Gasteiger partial charge on any atom is -0.467 e. The monoisotopic (exact) mass is 446 g/mol. The van der Waals surface area contributed by atoms with E-state index in [1.807, 2.05) is 32.0 Å². The Morgan fingerprint density at radius 1 is 1.07 bits per heavy atom. The van der Waals surface area contributed by atoms with E-state index in [9.17, 15) is 0 Å². The van der Waals surface area contributed by atoms with Gasteiger partial charge in [0, 0.05) is 36.8 Å². The quantitative estimate of drug-likeness (QED) is 0.364. The molecule has 1 fully saturated rings. The van der Waals surface area contributed by atoms with Crippen molar-refractivity contribution in [3.8, 4) is 0 Å². The van der Waals surface area contributed by atoms with Gasteiger partial charge in [0.2, 0.25) is 0 Å². The minimum atomic E-state index is 0.615. The van der Waals surface area contributed by atoms with Crippen LogP contribution in [0.1, 0.15) is 23.0 Å². The second-order valence-electron chi connectivity index (χ2n) is 7.09. The summed E-state index contributed by atoms with van der Waals surface area (Å²) in [7, 11) is 0. The first kappa shape index (κ1) is 21.4. The zero-order chi connectivity index (χ0) is 20.8. The SMILES string of the molecule is Cc1cc(C)nc(SCc2nnc(SCCN3CCOCC3)n2Cc2ccco2)n1. The van der Waals surface area contributed by atoms with Gasteiger partial charge < -0.3 is 9.15 Å². The van der Waals surface area contributed by atoms with E-state index in [0.717, 1.165) is 71.9 Å². The lowest BCUT2D eigenvalue weighted by Gasteiger charge is -2.26. The Morgan fingerprint density at radius 2 is 1.87 bits per heavy atom. The van der Waals surface area contributed by atoms with E-state index in [0.29, 0.717) is 12.3 Å². The van der Waals surface area contributed by atoms with E-state index >= 15 is 0 Å². The van der Waals surface area contributed by atoms with Gasteiger partial charge in [-0.1, -0.05) is 23.5 Å². The molecule has 0 bridgehead atoms. The van der Waals surface area contributed by atoms with Gasteiger partial charge in [-0.2, -0.15) is 0 Å². The first-order valence-corrected chi connectivity index (χ1v) is 12.0. The van der Waals surface area contributed by atoms with E-state index in [1.54, 1.807) is 29.8 Å². The second-order valence-corrected chi connectivity index (χ2v) is 9.09. The topological polar surface area (TPSA) is 82.1 Å². The van der Waals surface area contributed by atoms with Crippen LogP contribution >= 0.6 is 23.5 Å². The van der Waals surface area contributed by atoms with Crippen molar-refractivity contribution in [3.63, 3.8) is 0 Å². The molecular formula is C20H26N6O2S2. The summed E-state index contributed by atoms with van der Waals surface area (Å²) < 4.78 is 13.1. The molecule has 4 rings (SSSR count). The Bertz CT molecular complexity index is 921. The van der Waals surface area contributed by atoms with Crippen molar-refractivity contribution in [1.82, 2.24) is 29.6 Å². The highest BCUT2D eigenvalue weighted by atomic mass is 32.2. The fraction of sp³-hybridized carbons (Fsp3) is 0.500. The normalized spacial score (nSPS) is 15.0. The van der Waals surface area contributed by atoms with Crippen LogP contribution in [0, 0.1) is 13.8 Å². The van der Waals surface area contributed by atoms with E-state index in [-0.39, 0.29) is 0 Å². The third kappa shape index (κ3) is 5.84. The molecule has 1 aliphatic heterocycles. The zero-order valence-electron chi connectivity index (χ0n) is 17.3. The Morgan fingerprint density at radius 3 is 2.60 bits per heavy atom. The molecule has 0 aliphatic carbocycles. The summed E-state index contributed by atoms with van der Waals surface area (Å²) in [6.07, 6.45) is 1.70. The van der Waals surface area contributed by atoms with Gasteiger partial charge in [0.15, 0.2) is 10.3 Å². The third-order valence-electron chi connectivity index (χ3n) is 4.72. The van der Waals surface area contributed by atoms with Crippen molar-refractivity contribution in [2.45, 2.75) is 36.5 Å². The number of ether oxygens (including phenoxy) is 1. The van der Waals surface area contributed by atoms with Gasteiger partial charge in [0.05, 0.1) is 31.8 Å². The van der Waals surface area contributed by atoms with Gasteiger partial charge in [-0.15, -0.1) is 10.2 Å². The van der Waals surface area contributed by atoms with Gasteiger partial charge in [-0.05, 0) is 32.0 Å². The molecule has 0 spiro atoms. The molecule has 0 aromatic carbocycles. The largest absolute Gasteiger partial charge is 0.467 e. The van der Waals surface area contributed by atoms with Crippen LogP contribution in [-0.4, -0.2) is 68.2 Å². The van der Waals surface area contributed by atoms with Gasteiger partial charge in [-0.25, -0.2) is 9.97 Å². The lowest BCUT2D eigenvalue weighted by Crippen LogP contribution is -2.37. The molecule has 8 nitrogen and oxygen atoms in total. The van der Waals surface area contributed by atoms with Gasteiger partial charge in [-0.3, -0.25) is 9.47 Å². The molecule has 160 valence electrons. The molecule has 4 heterocycles. The number of rotatable bonds is 9. The summed E-state index contributed by atoms with van der Waals surface area (Å²) in [5.74, 6) is 3.40. The maximum Gasteiger partial charge on any atom is 0.191 e. The molecule has 0 atom stereocenters. The van der Waals surface area contributed by atoms with E-state index in [1.165, 1.54) is 0 Å². The minimum absolute atomic E-state index is 0.615. The molecule has 30 heavy (non-hydrogen) atoms. The van der Waals surface area contributed by atoms with Crippen molar-refractivity contribution >= 4 is 23.5 Å². The van der Waals surface area contributed by atoms with E-state index < -0.39 is 0 Å². The molecule has 0 N–H and O–H groups in total. The van der Waals surface area contributed by atoms with Crippen LogP contribution < -0.4 is 0 Å². The molecule has 3 aromatic rings. The van der Waals surface area contributed by atoms with Crippen molar-refractivity contribution in [1.29, 1.82) is 0 Å². The summed E-state index contributed by atoms with van der Waals surface area (Å²) in [6, 6.07) is 5.86. The summed E-state index contributed by atoms with van der Waals surface area (Å²) in [4.78, 5) is 11.5. The van der Waals surface area contributed by atoms with Crippen LogP contribution in [0.3, 0.4) is 0 Å². The van der Waals surface area contributed by atoms with Crippen LogP contribution in [-0.2, 0) is 17.0 Å². The molecule has 1 saturated heterocycles. The van der Waals surface area contributed by atoms with Crippen molar-refractivity contribution in [2.75, 3.05) is 38.6 Å². The first-order chi connectivity index (χ1) is 14.7. The maximum atomic E-state index is 5.57. The lowest BCUT2D eigenvalue weighted by atomic mass is 10.4. The highest BCUT2D eigenvalue weighted by molar-refractivity contribution is 7.99. The number of hydrogen-bond donors (Lipinski definition) is 0. The summed E-state index contributed by atoms with van der Waals surface area (Å²) in [6.45, 7) is 9.24. The van der Waals surface area contributed by atoms with Gasteiger partial charge in [0.25, 0.3) is 0 Å².